The predicted molar refractivity (Wildman–Crippen MR) is 109 cm³/mol. The summed E-state index contributed by atoms with van der Waals surface area (Å²) in [5.74, 6) is -0.216. The summed E-state index contributed by atoms with van der Waals surface area (Å²) in [6, 6.07) is 9.44. The third-order valence-electron chi connectivity index (χ3n) is 5.22. The number of fused-ring (bicyclic) bond motifs is 1. The summed E-state index contributed by atoms with van der Waals surface area (Å²) >= 11 is 0. The molecule has 0 bridgehead atoms. The fraction of sp³-hybridized carbons (Fsp3) is 0.136. The number of aromatic nitrogens is 5. The summed E-state index contributed by atoms with van der Waals surface area (Å²) in [5, 5.41) is 20.2. The third kappa shape index (κ3) is 2.98. The fourth-order valence-electron chi connectivity index (χ4n) is 3.51. The van der Waals surface area contributed by atoms with Crippen molar-refractivity contribution in [1.29, 1.82) is 0 Å². The molecule has 4 heterocycles. The molecule has 8 heteroatoms. The minimum absolute atomic E-state index is 0.217. The van der Waals surface area contributed by atoms with Crippen molar-refractivity contribution in [1.82, 2.24) is 24.9 Å². The van der Waals surface area contributed by atoms with Gasteiger partial charge in [0.25, 0.3) is 0 Å². The molecule has 30 heavy (non-hydrogen) atoms. The maximum absolute atomic E-state index is 13.6. The van der Waals surface area contributed by atoms with E-state index >= 15 is 0 Å². The first-order chi connectivity index (χ1) is 14.4. The van der Waals surface area contributed by atoms with Crippen molar-refractivity contribution in [3.63, 3.8) is 0 Å². The van der Waals surface area contributed by atoms with Gasteiger partial charge >= 0.3 is 0 Å². The summed E-state index contributed by atoms with van der Waals surface area (Å²) in [4.78, 5) is 7.62. The van der Waals surface area contributed by atoms with Gasteiger partial charge in [-0.2, -0.15) is 5.10 Å². The molecule has 4 aromatic heterocycles. The monoisotopic (exact) mass is 403 g/mol. The van der Waals surface area contributed by atoms with Crippen LogP contribution in [0.2, 0.25) is 0 Å². The first-order valence-corrected chi connectivity index (χ1v) is 9.34. The number of aromatic amines is 1. The Kier molecular flexibility index (Phi) is 4.04. The van der Waals surface area contributed by atoms with Gasteiger partial charge in [0, 0.05) is 53.8 Å². The molecule has 0 saturated heterocycles. The predicted octanol–water partition coefficient (Wildman–Crippen LogP) is 4.01. The van der Waals surface area contributed by atoms with E-state index < -0.39 is 11.4 Å². The molecule has 0 aliphatic carbocycles. The zero-order chi connectivity index (χ0) is 20.9. The van der Waals surface area contributed by atoms with Crippen molar-refractivity contribution in [2.24, 2.45) is 7.05 Å². The average Bonchev–Trinajstić information content (AvgIpc) is 3.46. The van der Waals surface area contributed by atoms with Crippen LogP contribution in [0.5, 0.6) is 0 Å². The molecule has 5 aromatic rings. The zero-order valence-electron chi connectivity index (χ0n) is 16.3. The number of rotatable bonds is 4. The Morgan fingerprint density at radius 3 is 2.80 bits per heavy atom. The second kappa shape index (κ2) is 6.64. The van der Waals surface area contributed by atoms with Crippen LogP contribution in [0.4, 0.5) is 4.39 Å². The Hall–Kier alpha value is -3.78. The van der Waals surface area contributed by atoms with Gasteiger partial charge in [-0.25, -0.2) is 9.37 Å². The molecule has 5 rings (SSSR count). The van der Waals surface area contributed by atoms with Crippen LogP contribution in [0.15, 0.2) is 65.7 Å². The van der Waals surface area contributed by atoms with E-state index in [1.807, 2.05) is 19.3 Å². The van der Waals surface area contributed by atoms with E-state index in [2.05, 4.69) is 20.2 Å². The molecule has 0 fully saturated rings. The van der Waals surface area contributed by atoms with Gasteiger partial charge in [-0.3, -0.25) is 4.68 Å². The first kappa shape index (κ1) is 18.3. The summed E-state index contributed by atoms with van der Waals surface area (Å²) in [5.41, 5.74) is 2.76. The van der Waals surface area contributed by atoms with Gasteiger partial charge in [0.05, 0.1) is 6.20 Å². The van der Waals surface area contributed by atoms with Gasteiger partial charge in [0.2, 0.25) is 0 Å². The van der Waals surface area contributed by atoms with Crippen molar-refractivity contribution in [2.45, 2.75) is 12.5 Å². The minimum atomic E-state index is -1.53. The van der Waals surface area contributed by atoms with E-state index in [-0.39, 0.29) is 5.76 Å². The molecule has 2 N–H and O–H groups in total. The van der Waals surface area contributed by atoms with Crippen LogP contribution >= 0.6 is 0 Å². The number of benzene rings is 1. The van der Waals surface area contributed by atoms with Crippen molar-refractivity contribution < 1.29 is 14.0 Å². The Balaban J connectivity index is 1.56. The lowest BCUT2D eigenvalue weighted by molar-refractivity contribution is 0.0691. The number of pyridine rings is 1. The fourth-order valence-corrected chi connectivity index (χ4v) is 3.51. The molecule has 0 saturated carbocycles. The number of halogens is 1. The average molecular weight is 403 g/mol. The molecule has 1 aromatic carbocycles. The molecule has 0 aliphatic heterocycles. The van der Waals surface area contributed by atoms with Crippen LogP contribution in [0.25, 0.3) is 33.4 Å². The highest BCUT2D eigenvalue weighted by atomic mass is 19.1. The Bertz CT molecular complexity index is 1360. The molecular formula is C22H18FN5O2. The second-order valence-corrected chi connectivity index (χ2v) is 7.38. The molecule has 0 spiro atoms. The standard InChI is InChI=1S/C22H18FN5O2/c1-22(29,15-4-3-5-16(23)7-15)20-8-19(27-30-20)18-11-25-21-17(18)6-13(9-24-21)14-10-26-28(2)12-14/h3-12,29H,1-2H3,(H,24,25)/t22-/m1/s1. The zero-order valence-corrected chi connectivity index (χ0v) is 16.3. The van der Waals surface area contributed by atoms with Crippen molar-refractivity contribution in [3.05, 3.63) is 78.3 Å². The summed E-state index contributed by atoms with van der Waals surface area (Å²) < 4.78 is 20.8. The van der Waals surface area contributed by atoms with Crippen molar-refractivity contribution >= 4 is 11.0 Å². The minimum Gasteiger partial charge on any atom is -0.377 e. The van der Waals surface area contributed by atoms with E-state index in [0.29, 0.717) is 16.9 Å². The van der Waals surface area contributed by atoms with E-state index in [4.69, 9.17) is 4.52 Å². The number of nitrogens with zero attached hydrogens (tertiary/aromatic N) is 4. The first-order valence-electron chi connectivity index (χ1n) is 9.34. The maximum atomic E-state index is 13.6. The lowest BCUT2D eigenvalue weighted by Crippen LogP contribution is -2.22. The molecular weight excluding hydrogens is 385 g/mol. The third-order valence-corrected chi connectivity index (χ3v) is 5.22. The molecule has 0 radical (unpaired) electrons. The highest BCUT2D eigenvalue weighted by Gasteiger charge is 2.31. The van der Waals surface area contributed by atoms with Gasteiger partial charge < -0.3 is 14.6 Å². The SMILES string of the molecule is Cn1cc(-c2cnc3[nH]cc(-c4cc([C@](C)(O)c5cccc(F)c5)on4)c3c2)cn1. The van der Waals surface area contributed by atoms with E-state index in [9.17, 15) is 9.50 Å². The second-order valence-electron chi connectivity index (χ2n) is 7.38. The molecule has 1 atom stereocenters. The van der Waals surface area contributed by atoms with Crippen LogP contribution in [-0.4, -0.2) is 30.0 Å². The smallest absolute Gasteiger partial charge is 0.173 e. The van der Waals surface area contributed by atoms with Crippen LogP contribution < -0.4 is 0 Å². The lowest BCUT2D eigenvalue weighted by atomic mass is 9.93. The van der Waals surface area contributed by atoms with E-state index in [0.717, 1.165) is 22.1 Å². The van der Waals surface area contributed by atoms with E-state index in [1.165, 1.54) is 12.1 Å². The van der Waals surface area contributed by atoms with Crippen LogP contribution in [-0.2, 0) is 12.6 Å². The van der Waals surface area contributed by atoms with E-state index in [1.54, 1.807) is 48.4 Å². The largest absolute Gasteiger partial charge is 0.377 e. The Labute approximate surface area is 170 Å². The maximum Gasteiger partial charge on any atom is 0.173 e. The van der Waals surface area contributed by atoms with Gasteiger partial charge in [-0.15, -0.1) is 0 Å². The van der Waals surface area contributed by atoms with Gasteiger partial charge in [-0.1, -0.05) is 17.3 Å². The summed E-state index contributed by atoms with van der Waals surface area (Å²) in [6.45, 7) is 1.54. The molecule has 0 aliphatic rings. The van der Waals surface area contributed by atoms with Gasteiger partial charge in [0.1, 0.15) is 22.8 Å². The molecule has 0 amide bonds. The number of nitrogens with one attached hydrogen (secondary N) is 1. The molecule has 150 valence electrons. The molecule has 7 nitrogen and oxygen atoms in total. The number of aryl methyl sites for hydroxylation is 1. The number of hydrogen-bond donors (Lipinski definition) is 2. The number of aliphatic hydroxyl groups is 1. The quantitative estimate of drug-likeness (QED) is 0.473. The van der Waals surface area contributed by atoms with Crippen molar-refractivity contribution in [2.75, 3.05) is 0 Å². The lowest BCUT2D eigenvalue weighted by Gasteiger charge is -2.20. The number of H-pyrrole nitrogens is 1. The Morgan fingerprint density at radius 1 is 1.17 bits per heavy atom. The van der Waals surface area contributed by atoms with Gasteiger partial charge in [0.15, 0.2) is 5.76 Å². The summed E-state index contributed by atoms with van der Waals surface area (Å²) in [7, 11) is 1.86. The summed E-state index contributed by atoms with van der Waals surface area (Å²) in [6.07, 6.45) is 7.27. The molecule has 0 unspecified atom stereocenters. The van der Waals surface area contributed by atoms with Crippen molar-refractivity contribution in [3.8, 4) is 22.4 Å². The highest BCUT2D eigenvalue weighted by molar-refractivity contribution is 5.94. The van der Waals surface area contributed by atoms with Crippen LogP contribution in [0.1, 0.15) is 18.2 Å². The highest BCUT2D eigenvalue weighted by Crippen LogP contribution is 2.35. The Morgan fingerprint density at radius 2 is 2.03 bits per heavy atom. The normalized spacial score (nSPS) is 13.6. The van der Waals surface area contributed by atoms with Crippen LogP contribution in [0.3, 0.4) is 0 Å². The topological polar surface area (TPSA) is 92.8 Å². The number of hydrogen-bond acceptors (Lipinski definition) is 5. The van der Waals surface area contributed by atoms with Crippen LogP contribution in [0, 0.1) is 5.82 Å². The van der Waals surface area contributed by atoms with Gasteiger partial charge in [-0.05, 0) is 30.7 Å².